The van der Waals surface area contributed by atoms with Gasteiger partial charge in [0.2, 0.25) is 0 Å². The predicted molar refractivity (Wildman–Crippen MR) is 74.1 cm³/mol. The molecule has 3 nitrogen and oxygen atoms in total. The van der Waals surface area contributed by atoms with Crippen molar-refractivity contribution >= 4 is 17.3 Å². The maximum atomic E-state index is 11.6. The number of nitrogens with zero attached hydrogens (tertiary/aromatic N) is 1. The van der Waals surface area contributed by atoms with Gasteiger partial charge in [0.25, 0.3) is 0 Å². The van der Waals surface area contributed by atoms with Gasteiger partial charge >= 0.3 is 5.97 Å². The normalized spacial score (nSPS) is 24.5. The molecule has 1 unspecified atom stereocenters. The molecule has 0 spiro atoms. The average Bonchev–Trinajstić information content (AvgIpc) is 2.96. The van der Waals surface area contributed by atoms with Gasteiger partial charge in [-0.05, 0) is 54.6 Å². The summed E-state index contributed by atoms with van der Waals surface area (Å²) in [6.45, 7) is 3.86. The summed E-state index contributed by atoms with van der Waals surface area (Å²) < 4.78 is 0. The summed E-state index contributed by atoms with van der Waals surface area (Å²) in [5, 5.41) is 13.8. The third kappa shape index (κ3) is 2.59. The second-order valence-electron chi connectivity index (χ2n) is 5.06. The highest BCUT2D eigenvalue weighted by molar-refractivity contribution is 7.07. The van der Waals surface area contributed by atoms with E-state index < -0.39 is 11.5 Å². The maximum absolute atomic E-state index is 11.6. The minimum atomic E-state index is -0.632. The predicted octanol–water partition coefficient (Wildman–Crippen LogP) is 3.01. The topological polar surface area (TPSA) is 40.5 Å². The molecular formula is C14H21NO2S. The Balaban J connectivity index is 2.03. The summed E-state index contributed by atoms with van der Waals surface area (Å²) in [4.78, 5) is 13.8. The highest BCUT2D eigenvalue weighted by Gasteiger charge is 2.46. The zero-order valence-electron chi connectivity index (χ0n) is 10.9. The lowest BCUT2D eigenvalue weighted by atomic mass is 9.90. The highest BCUT2D eigenvalue weighted by atomic mass is 32.1. The SMILES string of the molecule is CCCC1(C(=O)O)CCCN1CCc1ccsc1. The standard InChI is InChI=1S/C14H21NO2S/c1-2-6-14(13(16)17)7-3-8-15(14)9-4-12-5-10-18-11-12/h5,10-11H,2-4,6-9H2,1H3,(H,16,17). The lowest BCUT2D eigenvalue weighted by Crippen LogP contribution is -2.51. The van der Waals surface area contributed by atoms with E-state index >= 15 is 0 Å². The van der Waals surface area contributed by atoms with Gasteiger partial charge in [-0.25, -0.2) is 0 Å². The van der Waals surface area contributed by atoms with Gasteiger partial charge in [0.1, 0.15) is 5.54 Å². The fraction of sp³-hybridized carbons (Fsp3) is 0.643. The van der Waals surface area contributed by atoms with Crippen LogP contribution in [0.25, 0.3) is 0 Å². The zero-order valence-corrected chi connectivity index (χ0v) is 11.7. The minimum absolute atomic E-state index is 0.592. The largest absolute Gasteiger partial charge is 0.480 e. The van der Waals surface area contributed by atoms with Crippen LogP contribution in [-0.4, -0.2) is 34.6 Å². The molecule has 1 fully saturated rings. The van der Waals surface area contributed by atoms with Crippen molar-refractivity contribution in [1.82, 2.24) is 4.90 Å². The van der Waals surface area contributed by atoms with Gasteiger partial charge in [-0.3, -0.25) is 9.69 Å². The monoisotopic (exact) mass is 267 g/mol. The van der Waals surface area contributed by atoms with Crippen LogP contribution in [-0.2, 0) is 11.2 Å². The smallest absolute Gasteiger partial charge is 0.324 e. The van der Waals surface area contributed by atoms with E-state index in [-0.39, 0.29) is 0 Å². The van der Waals surface area contributed by atoms with Gasteiger partial charge in [-0.1, -0.05) is 13.3 Å². The Morgan fingerprint density at radius 2 is 2.44 bits per heavy atom. The molecule has 1 saturated heterocycles. The summed E-state index contributed by atoms with van der Waals surface area (Å²) in [5.41, 5.74) is 0.729. The van der Waals surface area contributed by atoms with Crippen molar-refractivity contribution in [3.05, 3.63) is 22.4 Å². The van der Waals surface area contributed by atoms with E-state index in [4.69, 9.17) is 0 Å². The Labute approximate surface area is 112 Å². The second-order valence-corrected chi connectivity index (χ2v) is 5.84. The van der Waals surface area contributed by atoms with E-state index in [2.05, 4.69) is 28.7 Å². The third-order valence-electron chi connectivity index (χ3n) is 3.94. The Morgan fingerprint density at radius 1 is 1.61 bits per heavy atom. The second kappa shape index (κ2) is 5.85. The van der Waals surface area contributed by atoms with E-state index in [0.717, 1.165) is 45.2 Å². The number of hydrogen-bond acceptors (Lipinski definition) is 3. The molecule has 1 atom stereocenters. The summed E-state index contributed by atoms with van der Waals surface area (Å²) in [6.07, 6.45) is 4.48. The van der Waals surface area contributed by atoms with Crippen LogP contribution in [0.15, 0.2) is 16.8 Å². The number of hydrogen-bond donors (Lipinski definition) is 1. The molecule has 0 aromatic carbocycles. The molecule has 1 N–H and O–H groups in total. The maximum Gasteiger partial charge on any atom is 0.324 e. The Morgan fingerprint density at radius 3 is 3.06 bits per heavy atom. The molecule has 1 aliphatic heterocycles. The van der Waals surface area contributed by atoms with Gasteiger partial charge in [0.05, 0.1) is 0 Å². The van der Waals surface area contributed by atoms with E-state index in [9.17, 15) is 9.90 Å². The molecular weight excluding hydrogens is 246 g/mol. The quantitative estimate of drug-likeness (QED) is 0.861. The van der Waals surface area contributed by atoms with Crippen molar-refractivity contribution in [2.24, 2.45) is 0 Å². The number of carbonyl (C=O) groups is 1. The fourth-order valence-corrected chi connectivity index (χ4v) is 3.71. The Bertz CT molecular complexity index is 391. The molecule has 18 heavy (non-hydrogen) atoms. The molecule has 100 valence electrons. The van der Waals surface area contributed by atoms with Gasteiger partial charge < -0.3 is 5.11 Å². The van der Waals surface area contributed by atoms with E-state index in [0.29, 0.717) is 0 Å². The van der Waals surface area contributed by atoms with Crippen LogP contribution in [0.5, 0.6) is 0 Å². The van der Waals surface area contributed by atoms with Crippen molar-refractivity contribution in [3.8, 4) is 0 Å². The molecule has 2 heterocycles. The summed E-state index contributed by atoms with van der Waals surface area (Å²) in [7, 11) is 0. The van der Waals surface area contributed by atoms with Crippen LogP contribution in [0.3, 0.4) is 0 Å². The Hall–Kier alpha value is -0.870. The summed E-state index contributed by atoms with van der Waals surface area (Å²) in [5.74, 6) is -0.632. The van der Waals surface area contributed by atoms with Gasteiger partial charge in [0, 0.05) is 6.54 Å². The molecule has 0 aliphatic carbocycles. The van der Waals surface area contributed by atoms with Gasteiger partial charge in [0.15, 0.2) is 0 Å². The summed E-state index contributed by atoms with van der Waals surface area (Å²) >= 11 is 1.70. The Kier molecular flexibility index (Phi) is 4.40. The third-order valence-corrected chi connectivity index (χ3v) is 4.67. The molecule has 0 saturated carbocycles. The van der Waals surface area contributed by atoms with Crippen LogP contribution in [0, 0.1) is 0 Å². The molecule has 1 aromatic heterocycles. The number of carboxylic acids is 1. The molecule has 1 aliphatic rings. The molecule has 0 radical (unpaired) electrons. The number of thiophene rings is 1. The van der Waals surface area contributed by atoms with E-state index in [1.165, 1.54) is 5.56 Å². The number of likely N-dealkylation sites (tertiary alicyclic amines) is 1. The molecule has 4 heteroatoms. The van der Waals surface area contributed by atoms with Crippen molar-refractivity contribution in [2.45, 2.75) is 44.6 Å². The lowest BCUT2D eigenvalue weighted by molar-refractivity contribution is -0.150. The molecule has 0 bridgehead atoms. The molecule has 0 amide bonds. The van der Waals surface area contributed by atoms with Crippen molar-refractivity contribution < 1.29 is 9.90 Å². The van der Waals surface area contributed by atoms with E-state index in [1.807, 2.05) is 0 Å². The van der Waals surface area contributed by atoms with Crippen molar-refractivity contribution in [3.63, 3.8) is 0 Å². The number of rotatable bonds is 6. The first-order chi connectivity index (χ1) is 8.69. The first-order valence-corrected chi connectivity index (χ1v) is 7.63. The lowest BCUT2D eigenvalue weighted by Gasteiger charge is -2.34. The van der Waals surface area contributed by atoms with Crippen LogP contribution in [0.4, 0.5) is 0 Å². The van der Waals surface area contributed by atoms with Crippen LogP contribution in [0.1, 0.15) is 38.2 Å². The highest BCUT2D eigenvalue weighted by Crippen LogP contribution is 2.34. The first-order valence-electron chi connectivity index (χ1n) is 6.68. The van der Waals surface area contributed by atoms with Gasteiger partial charge in [-0.2, -0.15) is 11.3 Å². The average molecular weight is 267 g/mol. The van der Waals surface area contributed by atoms with Crippen LogP contribution >= 0.6 is 11.3 Å². The molecule has 2 rings (SSSR count). The van der Waals surface area contributed by atoms with Crippen molar-refractivity contribution in [2.75, 3.05) is 13.1 Å². The minimum Gasteiger partial charge on any atom is -0.480 e. The fourth-order valence-electron chi connectivity index (χ4n) is 3.01. The van der Waals surface area contributed by atoms with E-state index in [1.54, 1.807) is 11.3 Å². The first kappa shape index (κ1) is 13.6. The van der Waals surface area contributed by atoms with Gasteiger partial charge in [-0.15, -0.1) is 0 Å². The van der Waals surface area contributed by atoms with Crippen LogP contribution in [0.2, 0.25) is 0 Å². The zero-order chi connectivity index (χ0) is 13.0. The van der Waals surface area contributed by atoms with Crippen molar-refractivity contribution in [1.29, 1.82) is 0 Å². The van der Waals surface area contributed by atoms with Crippen LogP contribution < -0.4 is 0 Å². The molecule has 1 aromatic rings. The number of aliphatic carboxylic acids is 1. The number of carboxylic acid groups (broad SMARTS) is 1. The summed E-state index contributed by atoms with van der Waals surface area (Å²) in [6, 6.07) is 2.13.